The zero-order valence-corrected chi connectivity index (χ0v) is 11.2. The van der Waals surface area contributed by atoms with E-state index in [1.165, 1.54) is 0 Å². The lowest BCUT2D eigenvalue weighted by molar-refractivity contribution is 0.545. The fraction of sp³-hybridized carbons (Fsp3) is 0.429. The zero-order valence-electron chi connectivity index (χ0n) is 11.2. The molecular formula is C14H19N3O. The van der Waals surface area contributed by atoms with Crippen LogP contribution in [0.5, 0.6) is 0 Å². The Labute approximate surface area is 107 Å². The highest BCUT2D eigenvalue weighted by atomic mass is 16.3. The first-order valence-corrected chi connectivity index (χ1v) is 6.25. The maximum atomic E-state index is 5.60. The van der Waals surface area contributed by atoms with Gasteiger partial charge in [-0.1, -0.05) is 0 Å². The van der Waals surface area contributed by atoms with Gasteiger partial charge in [-0.05, 0) is 52.1 Å². The van der Waals surface area contributed by atoms with Gasteiger partial charge in [-0.15, -0.1) is 0 Å². The lowest BCUT2D eigenvalue weighted by Crippen LogP contribution is -2.09. The summed E-state index contributed by atoms with van der Waals surface area (Å²) in [7, 11) is 1.95. The summed E-state index contributed by atoms with van der Waals surface area (Å²) in [5, 5.41) is 3.13. The van der Waals surface area contributed by atoms with E-state index in [9.17, 15) is 0 Å². The number of aryl methyl sites for hydroxylation is 3. The molecule has 0 aromatic carbocycles. The molecular weight excluding hydrogens is 226 g/mol. The summed E-state index contributed by atoms with van der Waals surface area (Å²) in [4.78, 5) is 9.01. The number of hydrogen-bond acceptors (Lipinski definition) is 4. The highest BCUT2D eigenvalue weighted by Crippen LogP contribution is 2.20. The molecule has 0 saturated heterocycles. The van der Waals surface area contributed by atoms with E-state index >= 15 is 0 Å². The van der Waals surface area contributed by atoms with E-state index in [2.05, 4.69) is 15.3 Å². The Morgan fingerprint density at radius 3 is 2.72 bits per heavy atom. The Morgan fingerprint density at radius 2 is 2.06 bits per heavy atom. The van der Waals surface area contributed by atoms with Crippen molar-refractivity contribution in [2.24, 2.45) is 0 Å². The Morgan fingerprint density at radius 1 is 1.22 bits per heavy atom. The van der Waals surface area contributed by atoms with Crippen LogP contribution < -0.4 is 5.32 Å². The van der Waals surface area contributed by atoms with Crippen LogP contribution in [0.2, 0.25) is 0 Å². The van der Waals surface area contributed by atoms with Crippen molar-refractivity contribution in [3.05, 3.63) is 35.5 Å². The number of nitrogens with one attached hydrogen (secondary N) is 1. The third kappa shape index (κ3) is 3.17. The molecule has 2 rings (SSSR count). The Hall–Kier alpha value is -1.68. The summed E-state index contributed by atoms with van der Waals surface area (Å²) in [6.45, 7) is 4.90. The van der Waals surface area contributed by atoms with Gasteiger partial charge in [0, 0.05) is 12.1 Å². The normalized spacial score (nSPS) is 10.8. The molecule has 0 aliphatic rings. The first-order chi connectivity index (χ1) is 8.69. The minimum absolute atomic E-state index is 0.813. The summed E-state index contributed by atoms with van der Waals surface area (Å²) in [5.74, 6) is 2.60. The molecule has 18 heavy (non-hydrogen) atoms. The molecule has 2 heterocycles. The standard InChI is InChI=1S/C14H19N3O/c1-10-9-12(13-7-6-11(2)18-13)17-14(16-10)5-4-8-15-3/h6-7,9,15H,4-5,8H2,1-3H3. The van der Waals surface area contributed by atoms with E-state index < -0.39 is 0 Å². The highest BCUT2D eigenvalue weighted by molar-refractivity contribution is 5.52. The highest BCUT2D eigenvalue weighted by Gasteiger charge is 2.07. The molecule has 4 heteroatoms. The first kappa shape index (κ1) is 12.8. The molecule has 0 saturated carbocycles. The van der Waals surface area contributed by atoms with E-state index in [4.69, 9.17) is 4.42 Å². The molecule has 0 bridgehead atoms. The van der Waals surface area contributed by atoms with Gasteiger partial charge in [0.1, 0.15) is 17.3 Å². The van der Waals surface area contributed by atoms with Crippen molar-refractivity contribution in [2.75, 3.05) is 13.6 Å². The van der Waals surface area contributed by atoms with Crippen LogP contribution in [-0.2, 0) is 6.42 Å². The van der Waals surface area contributed by atoms with Crippen LogP contribution in [0.3, 0.4) is 0 Å². The largest absolute Gasteiger partial charge is 0.460 e. The predicted molar refractivity (Wildman–Crippen MR) is 71.5 cm³/mol. The van der Waals surface area contributed by atoms with Gasteiger partial charge >= 0.3 is 0 Å². The second kappa shape index (κ2) is 5.78. The quantitative estimate of drug-likeness (QED) is 0.822. The van der Waals surface area contributed by atoms with Crippen LogP contribution >= 0.6 is 0 Å². The second-order valence-electron chi connectivity index (χ2n) is 4.43. The maximum absolute atomic E-state index is 5.60. The van der Waals surface area contributed by atoms with E-state index in [1.54, 1.807) is 0 Å². The van der Waals surface area contributed by atoms with Crippen molar-refractivity contribution in [2.45, 2.75) is 26.7 Å². The van der Waals surface area contributed by atoms with Crippen molar-refractivity contribution in [1.82, 2.24) is 15.3 Å². The molecule has 2 aromatic rings. The van der Waals surface area contributed by atoms with Crippen LogP contribution in [0.1, 0.15) is 23.7 Å². The number of rotatable bonds is 5. The number of aromatic nitrogens is 2. The lowest BCUT2D eigenvalue weighted by Gasteiger charge is -2.04. The van der Waals surface area contributed by atoms with Crippen molar-refractivity contribution >= 4 is 0 Å². The van der Waals surface area contributed by atoms with Crippen molar-refractivity contribution in [3.63, 3.8) is 0 Å². The van der Waals surface area contributed by atoms with Gasteiger partial charge in [-0.2, -0.15) is 0 Å². The van der Waals surface area contributed by atoms with Gasteiger partial charge in [0.15, 0.2) is 5.76 Å². The van der Waals surface area contributed by atoms with E-state index in [0.717, 1.165) is 48.1 Å². The minimum atomic E-state index is 0.813. The molecule has 0 spiro atoms. The molecule has 0 amide bonds. The van der Waals surface area contributed by atoms with Gasteiger partial charge in [0.2, 0.25) is 0 Å². The molecule has 2 aromatic heterocycles. The maximum Gasteiger partial charge on any atom is 0.152 e. The summed E-state index contributed by atoms with van der Waals surface area (Å²) in [6.07, 6.45) is 1.92. The third-order valence-corrected chi connectivity index (χ3v) is 2.72. The van der Waals surface area contributed by atoms with Crippen molar-refractivity contribution in [1.29, 1.82) is 0 Å². The number of nitrogens with zero attached hydrogens (tertiary/aromatic N) is 2. The average molecular weight is 245 g/mol. The van der Waals surface area contributed by atoms with Gasteiger partial charge in [-0.25, -0.2) is 9.97 Å². The van der Waals surface area contributed by atoms with E-state index in [0.29, 0.717) is 0 Å². The summed E-state index contributed by atoms with van der Waals surface area (Å²) in [6, 6.07) is 5.86. The number of hydrogen-bond donors (Lipinski definition) is 1. The lowest BCUT2D eigenvalue weighted by atomic mass is 10.2. The van der Waals surface area contributed by atoms with Crippen LogP contribution in [0.15, 0.2) is 22.6 Å². The minimum Gasteiger partial charge on any atom is -0.460 e. The fourth-order valence-electron chi connectivity index (χ4n) is 1.86. The Kier molecular flexibility index (Phi) is 4.10. The van der Waals surface area contributed by atoms with Crippen molar-refractivity contribution in [3.8, 4) is 11.5 Å². The van der Waals surface area contributed by atoms with Crippen LogP contribution in [-0.4, -0.2) is 23.6 Å². The van der Waals surface area contributed by atoms with Crippen molar-refractivity contribution < 1.29 is 4.42 Å². The summed E-state index contributed by atoms with van der Waals surface area (Å²) >= 11 is 0. The first-order valence-electron chi connectivity index (χ1n) is 6.25. The predicted octanol–water partition coefficient (Wildman–Crippen LogP) is 2.51. The average Bonchev–Trinajstić information content (AvgIpc) is 2.76. The van der Waals surface area contributed by atoms with Gasteiger partial charge in [0.25, 0.3) is 0 Å². The monoisotopic (exact) mass is 245 g/mol. The van der Waals surface area contributed by atoms with Gasteiger partial charge in [0.05, 0.1) is 0 Å². The molecule has 0 fully saturated rings. The van der Waals surface area contributed by atoms with Gasteiger partial charge < -0.3 is 9.73 Å². The van der Waals surface area contributed by atoms with Gasteiger partial charge in [-0.3, -0.25) is 0 Å². The van der Waals surface area contributed by atoms with E-state index in [1.807, 2.05) is 39.1 Å². The summed E-state index contributed by atoms with van der Waals surface area (Å²) < 4.78 is 5.60. The molecule has 4 nitrogen and oxygen atoms in total. The smallest absolute Gasteiger partial charge is 0.152 e. The molecule has 0 aliphatic heterocycles. The Balaban J connectivity index is 2.21. The zero-order chi connectivity index (χ0) is 13.0. The van der Waals surface area contributed by atoms with Crippen LogP contribution in [0.4, 0.5) is 0 Å². The number of furan rings is 1. The molecule has 0 atom stereocenters. The molecule has 0 aliphatic carbocycles. The Bertz CT molecular complexity index is 520. The van der Waals surface area contributed by atoms with E-state index in [-0.39, 0.29) is 0 Å². The SMILES string of the molecule is CNCCCc1nc(C)cc(-c2ccc(C)o2)n1. The topological polar surface area (TPSA) is 51.0 Å². The fourth-order valence-corrected chi connectivity index (χ4v) is 1.86. The molecule has 0 unspecified atom stereocenters. The third-order valence-electron chi connectivity index (χ3n) is 2.72. The second-order valence-corrected chi connectivity index (χ2v) is 4.43. The summed E-state index contributed by atoms with van der Waals surface area (Å²) in [5.41, 5.74) is 1.85. The molecule has 96 valence electrons. The van der Waals surface area contributed by atoms with Crippen LogP contribution in [0, 0.1) is 13.8 Å². The molecule has 1 N–H and O–H groups in total. The molecule has 0 radical (unpaired) electrons. The van der Waals surface area contributed by atoms with Crippen LogP contribution in [0.25, 0.3) is 11.5 Å².